The van der Waals surface area contributed by atoms with Crippen LogP contribution in [0.2, 0.25) is 0 Å². The molecule has 0 unspecified atom stereocenters. The van der Waals surface area contributed by atoms with Crippen molar-refractivity contribution in [3.8, 4) is 5.75 Å². The molecule has 0 atom stereocenters. The largest absolute Gasteiger partial charge is 0.491 e. The van der Waals surface area contributed by atoms with Gasteiger partial charge in [0.15, 0.2) is 0 Å². The van der Waals surface area contributed by atoms with Gasteiger partial charge in [-0.3, -0.25) is 0 Å². The summed E-state index contributed by atoms with van der Waals surface area (Å²) in [7, 11) is -1.13. The van der Waals surface area contributed by atoms with Crippen molar-refractivity contribution in [1.82, 2.24) is 0 Å². The second-order valence-electron chi connectivity index (χ2n) is 5.59. The Labute approximate surface area is 125 Å². The van der Waals surface area contributed by atoms with Crippen molar-refractivity contribution in [2.45, 2.75) is 25.5 Å². The maximum atomic E-state index is 13.3. The van der Waals surface area contributed by atoms with Crippen LogP contribution in [0.25, 0.3) is 0 Å². The summed E-state index contributed by atoms with van der Waals surface area (Å²) in [5.74, 6) is 0.201. The summed E-state index contributed by atoms with van der Waals surface area (Å²) < 4.78 is 25.3. The molecule has 0 aliphatic heterocycles. The standard InChI is InChI=1S/C14H22BrFO2S/c1-14(2,3)19(4,5)18-9-8-17-11-6-7-12(15)13(16)10-11/h6-7,10H,8-9H2,1-5H3. The lowest BCUT2D eigenvalue weighted by atomic mass is 10.3. The van der Waals surface area contributed by atoms with Gasteiger partial charge in [-0.05, 0) is 40.6 Å². The van der Waals surface area contributed by atoms with Crippen LogP contribution in [0.4, 0.5) is 4.39 Å². The highest BCUT2D eigenvalue weighted by molar-refractivity contribution is 9.10. The van der Waals surface area contributed by atoms with Gasteiger partial charge in [0.1, 0.15) is 18.2 Å². The van der Waals surface area contributed by atoms with E-state index in [-0.39, 0.29) is 10.6 Å². The van der Waals surface area contributed by atoms with Gasteiger partial charge in [0.2, 0.25) is 0 Å². The molecular formula is C14H22BrFO2S. The highest BCUT2D eigenvalue weighted by Crippen LogP contribution is 2.53. The topological polar surface area (TPSA) is 18.5 Å². The van der Waals surface area contributed by atoms with Gasteiger partial charge in [0.25, 0.3) is 0 Å². The zero-order valence-corrected chi connectivity index (χ0v) is 14.5. The molecule has 0 amide bonds. The first-order chi connectivity index (χ1) is 8.63. The van der Waals surface area contributed by atoms with E-state index < -0.39 is 10.3 Å². The van der Waals surface area contributed by atoms with Gasteiger partial charge < -0.3 is 8.92 Å². The van der Waals surface area contributed by atoms with Gasteiger partial charge in [0, 0.05) is 10.8 Å². The third kappa shape index (κ3) is 4.97. The highest BCUT2D eigenvalue weighted by atomic mass is 79.9. The molecule has 0 saturated heterocycles. The molecule has 0 aromatic heterocycles. The second-order valence-corrected chi connectivity index (χ2v) is 10.4. The maximum Gasteiger partial charge on any atom is 0.141 e. The first-order valence-corrected chi connectivity index (χ1v) is 9.25. The van der Waals surface area contributed by atoms with Crippen molar-refractivity contribution in [2.24, 2.45) is 0 Å². The minimum Gasteiger partial charge on any atom is -0.491 e. The predicted molar refractivity (Wildman–Crippen MR) is 84.7 cm³/mol. The molecule has 0 bridgehead atoms. The number of hydrogen-bond donors (Lipinski definition) is 0. The molecule has 0 spiro atoms. The summed E-state index contributed by atoms with van der Waals surface area (Å²) in [5.41, 5.74) is 0. The van der Waals surface area contributed by atoms with E-state index in [2.05, 4.69) is 49.2 Å². The zero-order chi connectivity index (χ0) is 14.7. The lowest BCUT2D eigenvalue weighted by molar-refractivity contribution is 0.230. The van der Waals surface area contributed by atoms with Crippen LogP contribution in [0.3, 0.4) is 0 Å². The van der Waals surface area contributed by atoms with Crippen LogP contribution in [-0.2, 0) is 4.18 Å². The van der Waals surface area contributed by atoms with Gasteiger partial charge >= 0.3 is 0 Å². The van der Waals surface area contributed by atoms with Crippen LogP contribution < -0.4 is 4.74 Å². The molecule has 0 heterocycles. The normalized spacial score (nSPS) is 13.4. The van der Waals surface area contributed by atoms with E-state index in [0.717, 1.165) is 0 Å². The highest BCUT2D eigenvalue weighted by Gasteiger charge is 2.28. The Morgan fingerprint density at radius 3 is 2.37 bits per heavy atom. The van der Waals surface area contributed by atoms with Gasteiger partial charge in [0.05, 0.1) is 11.1 Å². The first kappa shape index (κ1) is 16.8. The zero-order valence-electron chi connectivity index (χ0n) is 12.1. The Bertz CT molecular complexity index is 430. The molecule has 2 nitrogen and oxygen atoms in total. The predicted octanol–water partition coefficient (Wildman–Crippen LogP) is 4.76. The second kappa shape index (κ2) is 6.46. The molecule has 1 rings (SSSR count). The number of rotatable bonds is 5. The molecule has 1 aromatic carbocycles. The van der Waals surface area contributed by atoms with E-state index in [9.17, 15) is 4.39 Å². The summed E-state index contributed by atoms with van der Waals surface area (Å²) in [6.07, 6.45) is 4.29. The molecule has 0 aliphatic carbocycles. The van der Waals surface area contributed by atoms with Crippen molar-refractivity contribution >= 4 is 26.2 Å². The van der Waals surface area contributed by atoms with Crippen LogP contribution in [0.1, 0.15) is 20.8 Å². The molecule has 0 fully saturated rings. The number of ether oxygens (including phenoxy) is 1. The fraction of sp³-hybridized carbons (Fsp3) is 0.571. The lowest BCUT2D eigenvalue weighted by Gasteiger charge is -2.43. The molecule has 5 heteroatoms. The molecule has 0 aliphatic rings. The SMILES string of the molecule is CC(C)(C)S(C)(C)OCCOc1ccc(Br)c(F)c1. The third-order valence-corrected chi connectivity index (χ3v) is 7.44. The van der Waals surface area contributed by atoms with Crippen LogP contribution in [-0.4, -0.2) is 30.5 Å². The Morgan fingerprint density at radius 2 is 1.84 bits per heavy atom. The van der Waals surface area contributed by atoms with E-state index >= 15 is 0 Å². The Kier molecular flexibility index (Phi) is 5.71. The quantitative estimate of drug-likeness (QED) is 0.711. The van der Waals surface area contributed by atoms with Crippen LogP contribution in [0.5, 0.6) is 5.75 Å². The summed E-state index contributed by atoms with van der Waals surface area (Å²) in [6.45, 7) is 7.46. The number of benzene rings is 1. The molecule has 0 radical (unpaired) electrons. The number of hydrogen-bond acceptors (Lipinski definition) is 2. The van der Waals surface area contributed by atoms with E-state index in [1.54, 1.807) is 12.1 Å². The van der Waals surface area contributed by atoms with Crippen molar-refractivity contribution in [1.29, 1.82) is 0 Å². The van der Waals surface area contributed by atoms with E-state index in [4.69, 9.17) is 8.92 Å². The smallest absolute Gasteiger partial charge is 0.141 e. The van der Waals surface area contributed by atoms with Gasteiger partial charge in [-0.1, -0.05) is 20.8 Å². The van der Waals surface area contributed by atoms with Gasteiger partial charge in [-0.2, -0.15) is 0 Å². The van der Waals surface area contributed by atoms with E-state index in [1.165, 1.54) is 6.07 Å². The fourth-order valence-electron chi connectivity index (χ4n) is 1.15. The van der Waals surface area contributed by atoms with Crippen molar-refractivity contribution in [2.75, 3.05) is 25.7 Å². The Hall–Kier alpha value is -0.260. The first-order valence-electron chi connectivity index (χ1n) is 6.08. The summed E-state index contributed by atoms with van der Waals surface area (Å²) in [5, 5.41) is 0. The molecule has 0 N–H and O–H groups in total. The van der Waals surface area contributed by atoms with Crippen LogP contribution >= 0.6 is 26.2 Å². The third-order valence-electron chi connectivity index (χ3n) is 3.10. The lowest BCUT2D eigenvalue weighted by Crippen LogP contribution is -2.26. The van der Waals surface area contributed by atoms with E-state index in [1.807, 2.05) is 0 Å². The Balaban J connectivity index is 2.41. The molecule has 110 valence electrons. The molecular weight excluding hydrogens is 331 g/mol. The van der Waals surface area contributed by atoms with Crippen molar-refractivity contribution in [3.63, 3.8) is 0 Å². The monoisotopic (exact) mass is 352 g/mol. The molecule has 1 aromatic rings. The Morgan fingerprint density at radius 1 is 1.21 bits per heavy atom. The average Bonchev–Trinajstić information content (AvgIpc) is 2.27. The van der Waals surface area contributed by atoms with Crippen molar-refractivity contribution < 1.29 is 13.3 Å². The fourth-order valence-corrected chi connectivity index (χ4v) is 2.23. The van der Waals surface area contributed by atoms with Gasteiger partial charge in [-0.15, -0.1) is 10.3 Å². The molecule has 19 heavy (non-hydrogen) atoms. The minimum atomic E-state index is -1.13. The van der Waals surface area contributed by atoms with Crippen LogP contribution in [0, 0.1) is 5.82 Å². The van der Waals surface area contributed by atoms with E-state index in [0.29, 0.717) is 23.4 Å². The summed E-state index contributed by atoms with van der Waals surface area (Å²) in [4.78, 5) is 0. The van der Waals surface area contributed by atoms with Crippen LogP contribution in [0.15, 0.2) is 22.7 Å². The average molecular weight is 353 g/mol. The summed E-state index contributed by atoms with van der Waals surface area (Å²) in [6, 6.07) is 4.73. The maximum absolute atomic E-state index is 13.3. The van der Waals surface area contributed by atoms with Gasteiger partial charge in [-0.25, -0.2) is 4.39 Å². The number of halogens is 2. The summed E-state index contributed by atoms with van der Waals surface area (Å²) >= 11 is 3.11. The van der Waals surface area contributed by atoms with Crippen molar-refractivity contribution in [3.05, 3.63) is 28.5 Å². The minimum absolute atomic E-state index is 0.136. The molecule has 0 saturated carbocycles.